The van der Waals surface area contributed by atoms with Gasteiger partial charge in [-0.25, -0.2) is 0 Å². The summed E-state index contributed by atoms with van der Waals surface area (Å²) in [5.74, 6) is -0.657. The second-order valence-corrected chi connectivity index (χ2v) is 11.1. The van der Waals surface area contributed by atoms with E-state index in [0.29, 0.717) is 19.4 Å². The topological polar surface area (TPSA) is 102 Å². The fraction of sp³-hybridized carbons (Fsp3) is 0.731. The highest BCUT2D eigenvalue weighted by molar-refractivity contribution is 6.01. The second kappa shape index (κ2) is 8.08. The molecule has 8 atom stereocenters. The van der Waals surface area contributed by atoms with Gasteiger partial charge in [-0.05, 0) is 56.1 Å². The monoisotopic (exact) mass is 473 g/mol. The molecule has 34 heavy (non-hydrogen) atoms. The van der Waals surface area contributed by atoms with Gasteiger partial charge >= 0.3 is 5.97 Å². The van der Waals surface area contributed by atoms with E-state index < -0.39 is 29.2 Å². The minimum atomic E-state index is -1.32. The van der Waals surface area contributed by atoms with Crippen LogP contribution in [0, 0.1) is 28.6 Å². The van der Waals surface area contributed by atoms with Gasteiger partial charge in [0.15, 0.2) is 18.0 Å². The summed E-state index contributed by atoms with van der Waals surface area (Å²) in [5.41, 5.74) is -1.31. The first-order valence-electron chi connectivity index (χ1n) is 12.5. The number of carbonyl (C=O) groups is 3. The quantitative estimate of drug-likeness (QED) is 0.608. The number of ether oxygens (including phenoxy) is 1. The summed E-state index contributed by atoms with van der Waals surface area (Å²) in [5, 5.41) is 13.0. The number of ketones is 2. The highest BCUT2D eigenvalue weighted by atomic mass is 17.0. The molecule has 0 amide bonds. The summed E-state index contributed by atoms with van der Waals surface area (Å²) < 4.78 is 5.12. The number of hydrogen-bond donors (Lipinski definition) is 1. The second-order valence-electron chi connectivity index (χ2n) is 11.1. The zero-order valence-electron chi connectivity index (χ0n) is 20.4. The largest absolute Gasteiger partial charge is 0.458 e. The van der Waals surface area contributed by atoms with E-state index in [1.807, 2.05) is 19.9 Å². The maximum absolute atomic E-state index is 13.7. The van der Waals surface area contributed by atoms with Gasteiger partial charge in [0, 0.05) is 23.7 Å². The van der Waals surface area contributed by atoms with E-state index in [9.17, 15) is 19.5 Å². The molecule has 5 rings (SSSR count). The number of Topliss-reactive ketones (excluding diaryl/α,β-unsaturated/α-hetero) is 1. The molecule has 1 N–H and O–H groups in total. The van der Waals surface area contributed by atoms with Crippen molar-refractivity contribution >= 4 is 17.5 Å². The van der Waals surface area contributed by atoms with Crippen LogP contribution in [0.4, 0.5) is 0 Å². The van der Waals surface area contributed by atoms with Crippen LogP contribution < -0.4 is 0 Å². The van der Waals surface area contributed by atoms with Gasteiger partial charge in [0.1, 0.15) is 6.10 Å². The van der Waals surface area contributed by atoms with Crippen LogP contribution in [0.25, 0.3) is 0 Å². The summed E-state index contributed by atoms with van der Waals surface area (Å²) in [6.45, 7) is 7.58. The third-order valence-corrected chi connectivity index (χ3v) is 9.37. The zero-order valence-corrected chi connectivity index (χ0v) is 20.4. The number of aliphatic hydroxyl groups is 1. The molecule has 4 aliphatic carbocycles. The van der Waals surface area contributed by atoms with E-state index >= 15 is 0 Å². The Balaban J connectivity index is 1.53. The molecule has 5 unspecified atom stereocenters. The Bertz CT molecular complexity index is 974. The number of rotatable bonds is 5. The Morgan fingerprint density at radius 3 is 2.79 bits per heavy atom. The first-order chi connectivity index (χ1) is 16.1. The predicted octanol–water partition coefficient (Wildman–Crippen LogP) is 2.70. The fourth-order valence-electron chi connectivity index (χ4n) is 8.01. The van der Waals surface area contributed by atoms with Crippen LogP contribution in [0.3, 0.4) is 0 Å². The van der Waals surface area contributed by atoms with Gasteiger partial charge < -0.3 is 9.84 Å². The minimum absolute atomic E-state index is 0.00398. The number of fused-ring (bicyclic) bond motifs is 7. The SMILES string of the molecule is CCCN1OC2CC3C4CCC5=CC(=O)C=C[C@]5(C)C4[C@@H](O)C[C@]3(C)C2(C(=O)COC(C)=O)O1. The van der Waals surface area contributed by atoms with Crippen molar-refractivity contribution in [2.75, 3.05) is 13.2 Å². The Morgan fingerprint density at radius 2 is 2.09 bits per heavy atom. The van der Waals surface area contributed by atoms with Crippen molar-refractivity contribution in [2.24, 2.45) is 28.6 Å². The Hall–Kier alpha value is -1.87. The van der Waals surface area contributed by atoms with Crippen LogP contribution in [-0.4, -0.2) is 58.8 Å². The average molecular weight is 474 g/mol. The van der Waals surface area contributed by atoms with Crippen LogP contribution in [0.2, 0.25) is 0 Å². The molecule has 0 spiro atoms. The number of hydroxylamine groups is 2. The highest BCUT2D eigenvalue weighted by Gasteiger charge is 2.76. The summed E-state index contributed by atoms with van der Waals surface area (Å²) in [7, 11) is 0. The van der Waals surface area contributed by atoms with Gasteiger partial charge in [0.2, 0.25) is 5.78 Å². The molecule has 8 heteroatoms. The van der Waals surface area contributed by atoms with Crippen molar-refractivity contribution in [2.45, 2.75) is 77.6 Å². The maximum Gasteiger partial charge on any atom is 0.303 e. The van der Waals surface area contributed by atoms with Gasteiger partial charge in [-0.1, -0.05) is 37.6 Å². The molecule has 5 aliphatic rings. The van der Waals surface area contributed by atoms with Crippen molar-refractivity contribution < 1.29 is 33.9 Å². The van der Waals surface area contributed by atoms with Crippen molar-refractivity contribution in [3.63, 3.8) is 0 Å². The molecule has 186 valence electrons. The normalized spacial score (nSPS) is 45.1. The van der Waals surface area contributed by atoms with Crippen LogP contribution >= 0.6 is 0 Å². The molecule has 0 aromatic carbocycles. The van der Waals surface area contributed by atoms with Gasteiger partial charge in [-0.2, -0.15) is 0 Å². The lowest BCUT2D eigenvalue weighted by molar-refractivity contribution is -0.342. The van der Waals surface area contributed by atoms with E-state index in [1.165, 1.54) is 12.2 Å². The first-order valence-corrected chi connectivity index (χ1v) is 12.5. The van der Waals surface area contributed by atoms with Crippen molar-refractivity contribution in [3.05, 3.63) is 23.8 Å². The van der Waals surface area contributed by atoms with Crippen LogP contribution in [0.1, 0.15) is 59.8 Å². The van der Waals surface area contributed by atoms with Gasteiger partial charge in [-0.15, -0.1) is 0 Å². The van der Waals surface area contributed by atoms with Crippen LogP contribution in [0.15, 0.2) is 23.8 Å². The molecule has 1 aliphatic heterocycles. The third-order valence-electron chi connectivity index (χ3n) is 9.37. The molecule has 0 bridgehead atoms. The van der Waals surface area contributed by atoms with Crippen LogP contribution in [0.5, 0.6) is 0 Å². The summed E-state index contributed by atoms with van der Waals surface area (Å²) in [6, 6.07) is 0. The highest BCUT2D eigenvalue weighted by Crippen LogP contribution is 2.69. The smallest absolute Gasteiger partial charge is 0.303 e. The van der Waals surface area contributed by atoms with E-state index in [1.54, 1.807) is 12.2 Å². The lowest BCUT2D eigenvalue weighted by Crippen LogP contribution is -2.63. The number of carbonyl (C=O) groups excluding carboxylic acids is 3. The van der Waals surface area contributed by atoms with Crippen molar-refractivity contribution in [1.29, 1.82) is 0 Å². The first kappa shape index (κ1) is 23.9. The third kappa shape index (κ3) is 3.15. The molecule has 1 saturated heterocycles. The lowest BCUT2D eigenvalue weighted by atomic mass is 9.46. The molecule has 1 heterocycles. The number of esters is 1. The minimum Gasteiger partial charge on any atom is -0.458 e. The molecule has 4 fully saturated rings. The maximum atomic E-state index is 13.7. The van der Waals surface area contributed by atoms with Gasteiger partial charge in [0.05, 0.1) is 12.6 Å². The summed E-state index contributed by atoms with van der Waals surface area (Å²) in [6.07, 6.45) is 7.56. The fourth-order valence-corrected chi connectivity index (χ4v) is 8.01. The molecule has 0 aromatic rings. The molecule has 0 aromatic heterocycles. The number of nitrogens with zero attached hydrogens (tertiary/aromatic N) is 1. The van der Waals surface area contributed by atoms with Crippen LogP contribution in [-0.2, 0) is 28.8 Å². The standard InChI is InChI=1S/C26H35NO7/c1-5-10-27-33-22-12-19-18-7-6-16-11-17(29)8-9-24(16,3)23(18)20(30)13-25(19,4)26(22,34-27)21(31)14-32-15(2)28/h8-9,11,18-20,22-23,30H,5-7,10,12-14H2,1-4H3/t18?,19?,20-,22?,23?,24-,25-,26?/m0/s1. The van der Waals surface area contributed by atoms with E-state index in [-0.39, 0.29) is 41.3 Å². The predicted molar refractivity (Wildman–Crippen MR) is 121 cm³/mol. The molecule has 0 radical (unpaired) electrons. The Morgan fingerprint density at radius 1 is 1.32 bits per heavy atom. The number of allylic oxidation sites excluding steroid dienone is 4. The molecular formula is C26H35NO7. The van der Waals surface area contributed by atoms with Crippen molar-refractivity contribution in [3.8, 4) is 0 Å². The average Bonchev–Trinajstić information content (AvgIpc) is 3.25. The Labute approximate surface area is 200 Å². The summed E-state index contributed by atoms with van der Waals surface area (Å²) >= 11 is 0. The van der Waals surface area contributed by atoms with Gasteiger partial charge in [-0.3, -0.25) is 24.1 Å². The Kier molecular flexibility index (Phi) is 5.67. The van der Waals surface area contributed by atoms with Crippen molar-refractivity contribution in [1.82, 2.24) is 5.23 Å². The summed E-state index contributed by atoms with van der Waals surface area (Å²) in [4.78, 5) is 49.7. The number of aliphatic hydroxyl groups excluding tert-OH is 1. The number of hydrogen-bond acceptors (Lipinski definition) is 8. The van der Waals surface area contributed by atoms with E-state index in [4.69, 9.17) is 14.4 Å². The zero-order chi connectivity index (χ0) is 24.5. The molecular weight excluding hydrogens is 438 g/mol. The lowest BCUT2D eigenvalue weighted by Gasteiger charge is -2.59. The molecule has 8 nitrogen and oxygen atoms in total. The van der Waals surface area contributed by atoms with Gasteiger partial charge in [0.25, 0.3) is 0 Å². The van der Waals surface area contributed by atoms with E-state index in [0.717, 1.165) is 24.8 Å². The van der Waals surface area contributed by atoms with E-state index in [2.05, 4.69) is 6.92 Å². The molecule has 3 saturated carbocycles.